The van der Waals surface area contributed by atoms with E-state index in [-0.39, 0.29) is 18.4 Å². The number of nitrogens with one attached hydrogen (secondary N) is 1. The van der Waals surface area contributed by atoms with Gasteiger partial charge in [-0.25, -0.2) is 4.98 Å². The standard InChI is InChI=1S/C13H18BrN3O2/c1-9(2)7-15-12(18)8-17(3)13(19)10-5-4-6-11(14)16-10/h4-6,9H,7-8H2,1-3H3,(H,15,18). The van der Waals surface area contributed by atoms with Crippen molar-refractivity contribution < 1.29 is 9.59 Å². The molecule has 0 saturated carbocycles. The molecule has 1 heterocycles. The van der Waals surface area contributed by atoms with E-state index in [1.165, 1.54) is 4.90 Å². The molecule has 6 heteroatoms. The third-order valence-corrected chi connectivity index (χ3v) is 2.81. The molecule has 0 aliphatic carbocycles. The van der Waals surface area contributed by atoms with Gasteiger partial charge in [0.25, 0.3) is 5.91 Å². The van der Waals surface area contributed by atoms with E-state index in [1.807, 2.05) is 13.8 Å². The molecule has 0 aliphatic heterocycles. The molecular weight excluding hydrogens is 310 g/mol. The number of carbonyl (C=O) groups is 2. The van der Waals surface area contributed by atoms with Crippen molar-refractivity contribution in [2.24, 2.45) is 5.92 Å². The maximum Gasteiger partial charge on any atom is 0.272 e. The second kappa shape index (κ2) is 7.23. The Morgan fingerprint density at radius 2 is 2.11 bits per heavy atom. The molecule has 0 spiro atoms. The molecule has 0 aromatic carbocycles. The Morgan fingerprint density at radius 1 is 1.42 bits per heavy atom. The molecule has 104 valence electrons. The van der Waals surface area contributed by atoms with Crippen LogP contribution < -0.4 is 5.32 Å². The van der Waals surface area contributed by atoms with Gasteiger partial charge in [-0.2, -0.15) is 0 Å². The quantitative estimate of drug-likeness (QED) is 0.837. The summed E-state index contributed by atoms with van der Waals surface area (Å²) >= 11 is 3.21. The molecule has 0 saturated heterocycles. The minimum absolute atomic E-state index is 0.0275. The number of pyridine rings is 1. The van der Waals surface area contributed by atoms with Gasteiger partial charge in [0, 0.05) is 13.6 Å². The highest BCUT2D eigenvalue weighted by atomic mass is 79.9. The average molecular weight is 328 g/mol. The van der Waals surface area contributed by atoms with Gasteiger partial charge >= 0.3 is 0 Å². The van der Waals surface area contributed by atoms with E-state index in [2.05, 4.69) is 26.2 Å². The van der Waals surface area contributed by atoms with Crippen molar-refractivity contribution in [3.8, 4) is 0 Å². The van der Waals surface area contributed by atoms with Crippen LogP contribution in [0, 0.1) is 5.92 Å². The third kappa shape index (κ3) is 5.38. The fourth-order valence-corrected chi connectivity index (χ4v) is 1.73. The first-order valence-corrected chi connectivity index (χ1v) is 6.84. The molecule has 1 aromatic rings. The molecule has 0 fully saturated rings. The number of likely N-dealkylation sites (N-methyl/N-ethyl adjacent to an activating group) is 1. The lowest BCUT2D eigenvalue weighted by molar-refractivity contribution is -0.121. The minimum atomic E-state index is -0.277. The van der Waals surface area contributed by atoms with E-state index in [1.54, 1.807) is 25.2 Å². The number of aromatic nitrogens is 1. The molecule has 0 aliphatic rings. The fraction of sp³-hybridized carbons (Fsp3) is 0.462. The van der Waals surface area contributed by atoms with E-state index in [0.29, 0.717) is 22.8 Å². The number of rotatable bonds is 5. The Hall–Kier alpha value is -1.43. The summed E-state index contributed by atoms with van der Waals surface area (Å²) in [6.45, 7) is 4.66. The lowest BCUT2D eigenvalue weighted by Crippen LogP contribution is -2.39. The van der Waals surface area contributed by atoms with Gasteiger partial charge < -0.3 is 10.2 Å². The Labute approximate surface area is 121 Å². The highest BCUT2D eigenvalue weighted by molar-refractivity contribution is 9.10. The lowest BCUT2D eigenvalue weighted by Gasteiger charge is -2.17. The van der Waals surface area contributed by atoms with Crippen LogP contribution in [0.5, 0.6) is 0 Å². The fourth-order valence-electron chi connectivity index (χ4n) is 1.38. The molecule has 1 aromatic heterocycles. The second-order valence-electron chi connectivity index (χ2n) is 4.70. The zero-order valence-corrected chi connectivity index (χ0v) is 12.9. The summed E-state index contributed by atoms with van der Waals surface area (Å²) in [4.78, 5) is 29.1. The van der Waals surface area contributed by atoms with Crippen LogP contribution in [0.15, 0.2) is 22.8 Å². The predicted octanol–water partition coefficient (Wildman–Crippen LogP) is 1.69. The van der Waals surface area contributed by atoms with Gasteiger partial charge in [0.1, 0.15) is 10.3 Å². The van der Waals surface area contributed by atoms with Crippen molar-refractivity contribution in [3.05, 3.63) is 28.5 Å². The first-order chi connectivity index (χ1) is 8.90. The number of hydrogen-bond acceptors (Lipinski definition) is 3. The van der Waals surface area contributed by atoms with Gasteiger partial charge in [-0.05, 0) is 34.0 Å². The molecular formula is C13H18BrN3O2. The SMILES string of the molecule is CC(C)CNC(=O)CN(C)C(=O)c1cccc(Br)n1. The largest absolute Gasteiger partial charge is 0.354 e. The summed E-state index contributed by atoms with van der Waals surface area (Å²) in [6.07, 6.45) is 0. The minimum Gasteiger partial charge on any atom is -0.354 e. The molecule has 0 unspecified atom stereocenters. The Balaban J connectivity index is 2.55. The number of carbonyl (C=O) groups excluding carboxylic acids is 2. The number of hydrogen-bond donors (Lipinski definition) is 1. The van der Waals surface area contributed by atoms with Gasteiger partial charge in [0.2, 0.25) is 5.91 Å². The van der Waals surface area contributed by atoms with Gasteiger partial charge in [0.05, 0.1) is 6.54 Å². The van der Waals surface area contributed by atoms with Crippen molar-refractivity contribution in [2.75, 3.05) is 20.1 Å². The van der Waals surface area contributed by atoms with Crippen molar-refractivity contribution in [1.82, 2.24) is 15.2 Å². The van der Waals surface area contributed by atoms with Crippen LogP contribution in [0.3, 0.4) is 0 Å². The smallest absolute Gasteiger partial charge is 0.272 e. The Morgan fingerprint density at radius 3 is 2.68 bits per heavy atom. The van der Waals surface area contributed by atoms with E-state index in [0.717, 1.165) is 0 Å². The molecule has 0 radical (unpaired) electrons. The highest BCUT2D eigenvalue weighted by Crippen LogP contribution is 2.07. The predicted molar refractivity (Wildman–Crippen MR) is 76.7 cm³/mol. The summed E-state index contributed by atoms with van der Waals surface area (Å²) in [5.41, 5.74) is 0.313. The molecule has 0 atom stereocenters. The van der Waals surface area contributed by atoms with Crippen LogP contribution in [0.4, 0.5) is 0 Å². The van der Waals surface area contributed by atoms with E-state index in [9.17, 15) is 9.59 Å². The van der Waals surface area contributed by atoms with Crippen LogP contribution in [-0.2, 0) is 4.79 Å². The molecule has 1 N–H and O–H groups in total. The number of halogens is 1. The Kier molecular flexibility index (Phi) is 5.95. The molecule has 19 heavy (non-hydrogen) atoms. The highest BCUT2D eigenvalue weighted by Gasteiger charge is 2.16. The first kappa shape index (κ1) is 15.6. The van der Waals surface area contributed by atoms with E-state index >= 15 is 0 Å². The van der Waals surface area contributed by atoms with Crippen LogP contribution >= 0.6 is 15.9 Å². The summed E-state index contributed by atoms with van der Waals surface area (Å²) in [6, 6.07) is 5.10. The van der Waals surface area contributed by atoms with Gasteiger partial charge in [0.15, 0.2) is 0 Å². The van der Waals surface area contributed by atoms with E-state index < -0.39 is 0 Å². The summed E-state index contributed by atoms with van der Waals surface area (Å²) < 4.78 is 0.594. The second-order valence-corrected chi connectivity index (χ2v) is 5.52. The van der Waals surface area contributed by atoms with Crippen molar-refractivity contribution in [2.45, 2.75) is 13.8 Å². The van der Waals surface area contributed by atoms with Gasteiger partial charge in [-0.1, -0.05) is 19.9 Å². The maximum absolute atomic E-state index is 12.0. The van der Waals surface area contributed by atoms with Crippen molar-refractivity contribution in [1.29, 1.82) is 0 Å². The zero-order valence-electron chi connectivity index (χ0n) is 11.3. The molecule has 2 amide bonds. The molecule has 5 nitrogen and oxygen atoms in total. The van der Waals surface area contributed by atoms with Crippen LogP contribution in [0.1, 0.15) is 24.3 Å². The normalized spacial score (nSPS) is 10.4. The third-order valence-electron chi connectivity index (χ3n) is 2.37. The van der Waals surface area contributed by atoms with E-state index in [4.69, 9.17) is 0 Å². The maximum atomic E-state index is 12.0. The Bertz CT molecular complexity index is 463. The summed E-state index contributed by atoms with van der Waals surface area (Å²) in [5, 5.41) is 2.77. The number of nitrogens with zero attached hydrogens (tertiary/aromatic N) is 2. The summed E-state index contributed by atoms with van der Waals surface area (Å²) in [7, 11) is 1.58. The molecule has 0 bridgehead atoms. The average Bonchev–Trinajstić information content (AvgIpc) is 2.35. The molecule has 1 rings (SSSR count). The van der Waals surface area contributed by atoms with Crippen molar-refractivity contribution >= 4 is 27.7 Å². The van der Waals surface area contributed by atoms with Crippen LogP contribution in [0.2, 0.25) is 0 Å². The van der Waals surface area contributed by atoms with Crippen LogP contribution in [-0.4, -0.2) is 41.8 Å². The monoisotopic (exact) mass is 327 g/mol. The zero-order chi connectivity index (χ0) is 14.4. The van der Waals surface area contributed by atoms with Crippen LogP contribution in [0.25, 0.3) is 0 Å². The number of amides is 2. The first-order valence-electron chi connectivity index (χ1n) is 6.05. The van der Waals surface area contributed by atoms with Gasteiger partial charge in [-0.3, -0.25) is 9.59 Å². The van der Waals surface area contributed by atoms with Gasteiger partial charge in [-0.15, -0.1) is 0 Å². The van der Waals surface area contributed by atoms with Crippen molar-refractivity contribution in [3.63, 3.8) is 0 Å². The topological polar surface area (TPSA) is 62.3 Å². The summed E-state index contributed by atoms with van der Waals surface area (Å²) in [5.74, 6) is -0.0581. The lowest BCUT2D eigenvalue weighted by atomic mass is 10.2.